The molecule has 1 aromatic carbocycles. The molecule has 130 valence electrons. The van der Waals surface area contributed by atoms with Gasteiger partial charge >= 0.3 is 6.18 Å². The number of amides is 1. The first-order valence-corrected chi connectivity index (χ1v) is 8.34. The number of nitrogens with one attached hydrogen (secondary N) is 2. The lowest BCUT2D eigenvalue weighted by atomic mass is 10.1. The maximum absolute atomic E-state index is 13.1. The van der Waals surface area contributed by atoms with Crippen molar-refractivity contribution in [3.8, 4) is 10.6 Å². The topological polar surface area (TPSA) is 57.8 Å². The van der Waals surface area contributed by atoms with Crippen LogP contribution in [-0.4, -0.2) is 16.1 Å². The first-order valence-electron chi connectivity index (χ1n) is 7.08. The largest absolute Gasteiger partial charge is 0.417 e. The highest BCUT2D eigenvalue weighted by Crippen LogP contribution is 2.35. The van der Waals surface area contributed by atoms with Crippen molar-refractivity contribution in [1.29, 1.82) is 0 Å². The van der Waals surface area contributed by atoms with E-state index in [9.17, 15) is 18.0 Å². The highest BCUT2D eigenvalue weighted by molar-refractivity contribution is 7.13. The minimum Gasteiger partial charge on any atom is -0.346 e. The van der Waals surface area contributed by atoms with Gasteiger partial charge in [0.15, 0.2) is 0 Å². The molecule has 0 bridgehead atoms. The molecule has 0 saturated heterocycles. The summed E-state index contributed by atoms with van der Waals surface area (Å²) in [7, 11) is 0. The molecule has 9 heteroatoms. The Balaban J connectivity index is 1.76. The van der Waals surface area contributed by atoms with Gasteiger partial charge in [-0.25, -0.2) is 0 Å². The Morgan fingerprint density at radius 1 is 1.28 bits per heavy atom. The average Bonchev–Trinajstić information content (AvgIpc) is 3.22. The van der Waals surface area contributed by atoms with Crippen LogP contribution < -0.4 is 5.32 Å². The SMILES string of the molecule is O=C(NCc1cc(-c2cccs2)n[nH]1)c1c(Cl)cccc1C(F)(F)F. The van der Waals surface area contributed by atoms with Gasteiger partial charge < -0.3 is 5.32 Å². The maximum atomic E-state index is 13.1. The van der Waals surface area contributed by atoms with Crippen LogP contribution in [0.4, 0.5) is 13.2 Å². The van der Waals surface area contributed by atoms with Crippen LogP contribution in [0.25, 0.3) is 10.6 Å². The Morgan fingerprint density at radius 3 is 2.76 bits per heavy atom. The Morgan fingerprint density at radius 2 is 2.08 bits per heavy atom. The zero-order valence-corrected chi connectivity index (χ0v) is 14.1. The third kappa shape index (κ3) is 3.85. The molecule has 0 saturated carbocycles. The quantitative estimate of drug-likeness (QED) is 0.681. The lowest BCUT2D eigenvalue weighted by Crippen LogP contribution is -2.26. The summed E-state index contributed by atoms with van der Waals surface area (Å²) >= 11 is 7.31. The van der Waals surface area contributed by atoms with Gasteiger partial charge in [0.25, 0.3) is 5.91 Å². The van der Waals surface area contributed by atoms with E-state index in [1.165, 1.54) is 17.4 Å². The highest BCUT2D eigenvalue weighted by Gasteiger charge is 2.36. The number of hydrogen-bond donors (Lipinski definition) is 2. The number of nitrogens with zero attached hydrogens (tertiary/aromatic N) is 1. The molecule has 0 spiro atoms. The van der Waals surface area contributed by atoms with E-state index in [0.29, 0.717) is 11.4 Å². The predicted molar refractivity (Wildman–Crippen MR) is 89.5 cm³/mol. The first kappa shape index (κ1) is 17.5. The summed E-state index contributed by atoms with van der Waals surface area (Å²) in [5.74, 6) is -0.898. The number of alkyl halides is 3. The normalized spacial score (nSPS) is 11.5. The van der Waals surface area contributed by atoms with Crippen LogP contribution in [0.2, 0.25) is 5.02 Å². The smallest absolute Gasteiger partial charge is 0.346 e. The van der Waals surface area contributed by atoms with Crippen molar-refractivity contribution in [2.45, 2.75) is 12.7 Å². The third-order valence-electron chi connectivity index (χ3n) is 3.39. The van der Waals surface area contributed by atoms with Crippen molar-refractivity contribution in [2.75, 3.05) is 0 Å². The van der Waals surface area contributed by atoms with Crippen LogP contribution in [0.5, 0.6) is 0 Å². The number of hydrogen-bond acceptors (Lipinski definition) is 3. The monoisotopic (exact) mass is 385 g/mol. The zero-order chi connectivity index (χ0) is 18.0. The second kappa shape index (κ2) is 6.89. The van der Waals surface area contributed by atoms with E-state index < -0.39 is 23.2 Å². The molecule has 0 aliphatic carbocycles. The Hall–Kier alpha value is -2.32. The summed E-state index contributed by atoms with van der Waals surface area (Å²) in [6.07, 6.45) is -4.67. The lowest BCUT2D eigenvalue weighted by Gasteiger charge is -2.13. The standard InChI is InChI=1S/C16H11ClF3N3OS/c17-11-4-1-3-10(16(18,19)20)14(11)15(24)21-8-9-7-12(23-22-9)13-5-2-6-25-13/h1-7H,8H2,(H,21,24)(H,22,23). The van der Waals surface area contributed by atoms with Crippen LogP contribution in [0.1, 0.15) is 21.6 Å². The van der Waals surface area contributed by atoms with Crippen molar-refractivity contribution >= 4 is 28.8 Å². The number of benzene rings is 1. The molecule has 0 unspecified atom stereocenters. The fraction of sp³-hybridized carbons (Fsp3) is 0.125. The van der Waals surface area contributed by atoms with Gasteiger partial charge in [0.05, 0.1) is 33.3 Å². The molecular formula is C16H11ClF3N3OS. The van der Waals surface area contributed by atoms with Crippen LogP contribution in [0, 0.1) is 0 Å². The number of carbonyl (C=O) groups is 1. The molecule has 0 aliphatic heterocycles. The van der Waals surface area contributed by atoms with E-state index in [1.807, 2.05) is 17.5 Å². The summed E-state index contributed by atoms with van der Waals surface area (Å²) in [5, 5.41) is 10.9. The molecule has 0 fully saturated rings. The molecule has 0 radical (unpaired) electrons. The van der Waals surface area contributed by atoms with Crippen molar-refractivity contribution in [2.24, 2.45) is 0 Å². The summed E-state index contributed by atoms with van der Waals surface area (Å²) in [5.41, 5.74) is -0.388. The van der Waals surface area contributed by atoms with Crippen LogP contribution in [-0.2, 0) is 12.7 Å². The Kier molecular flexibility index (Phi) is 4.82. The molecule has 1 amide bonds. The fourth-order valence-corrected chi connectivity index (χ4v) is 3.20. The van der Waals surface area contributed by atoms with Crippen molar-refractivity contribution in [3.63, 3.8) is 0 Å². The summed E-state index contributed by atoms with van der Waals surface area (Å²) in [4.78, 5) is 13.2. The van der Waals surface area contributed by atoms with Gasteiger partial charge in [-0.1, -0.05) is 23.7 Å². The zero-order valence-electron chi connectivity index (χ0n) is 12.5. The van der Waals surface area contributed by atoms with Crippen molar-refractivity contribution in [1.82, 2.24) is 15.5 Å². The summed E-state index contributed by atoms with van der Waals surface area (Å²) < 4.78 is 39.2. The van der Waals surface area contributed by atoms with Crippen molar-refractivity contribution in [3.05, 3.63) is 63.6 Å². The third-order valence-corrected chi connectivity index (χ3v) is 4.60. The number of carbonyl (C=O) groups excluding carboxylic acids is 1. The molecule has 0 atom stereocenters. The maximum Gasteiger partial charge on any atom is 0.417 e. The van der Waals surface area contributed by atoms with Crippen molar-refractivity contribution < 1.29 is 18.0 Å². The van der Waals surface area contributed by atoms with Gasteiger partial charge in [-0.05, 0) is 29.6 Å². The minimum atomic E-state index is -4.67. The van der Waals surface area contributed by atoms with Crippen LogP contribution in [0.15, 0.2) is 41.8 Å². The number of halogens is 4. The molecule has 4 nitrogen and oxygen atoms in total. The fourth-order valence-electron chi connectivity index (χ4n) is 2.26. The molecule has 2 heterocycles. The molecule has 3 rings (SSSR count). The second-order valence-corrected chi connectivity index (χ2v) is 6.45. The van der Waals surface area contributed by atoms with Gasteiger partial charge in [0.2, 0.25) is 0 Å². The number of rotatable bonds is 4. The Bertz CT molecular complexity index is 890. The van der Waals surface area contributed by atoms with Gasteiger partial charge in [-0.2, -0.15) is 18.3 Å². The van der Waals surface area contributed by atoms with E-state index in [4.69, 9.17) is 11.6 Å². The number of thiophene rings is 1. The number of H-pyrrole nitrogens is 1. The van der Waals surface area contributed by atoms with E-state index in [0.717, 1.165) is 17.0 Å². The van der Waals surface area contributed by atoms with Crippen LogP contribution in [0.3, 0.4) is 0 Å². The van der Waals surface area contributed by atoms with E-state index >= 15 is 0 Å². The summed E-state index contributed by atoms with van der Waals surface area (Å²) in [6.45, 7) is -0.000269. The van der Waals surface area contributed by atoms with Crippen LogP contribution >= 0.6 is 22.9 Å². The van der Waals surface area contributed by atoms with Gasteiger partial charge in [0.1, 0.15) is 5.69 Å². The molecule has 2 N–H and O–H groups in total. The Labute approximate surface area is 149 Å². The summed E-state index contributed by atoms with van der Waals surface area (Å²) in [6, 6.07) is 8.73. The predicted octanol–water partition coefficient (Wildman–Crippen LogP) is 4.74. The molecule has 3 aromatic rings. The number of aromatic amines is 1. The molecule has 0 aliphatic rings. The van der Waals surface area contributed by atoms with E-state index in [1.54, 1.807) is 6.07 Å². The lowest BCUT2D eigenvalue weighted by molar-refractivity contribution is -0.137. The number of aromatic nitrogens is 2. The molecular weight excluding hydrogens is 375 g/mol. The van der Waals surface area contributed by atoms with Gasteiger partial charge in [-0.15, -0.1) is 11.3 Å². The van der Waals surface area contributed by atoms with Gasteiger partial charge in [0, 0.05) is 0 Å². The van der Waals surface area contributed by atoms with Gasteiger partial charge in [-0.3, -0.25) is 9.89 Å². The highest BCUT2D eigenvalue weighted by atomic mass is 35.5. The average molecular weight is 386 g/mol. The van der Waals surface area contributed by atoms with E-state index in [2.05, 4.69) is 15.5 Å². The second-order valence-electron chi connectivity index (χ2n) is 5.10. The molecule has 2 aromatic heterocycles. The molecule has 25 heavy (non-hydrogen) atoms. The first-order chi connectivity index (χ1) is 11.9. The van der Waals surface area contributed by atoms with E-state index in [-0.39, 0.29) is 11.6 Å². The minimum absolute atomic E-state index is 0.000269.